The molecule has 0 heterocycles. The van der Waals surface area contributed by atoms with Crippen LogP contribution in [0.1, 0.15) is 42.5 Å². The summed E-state index contributed by atoms with van der Waals surface area (Å²) in [4.78, 5) is 28.4. The van der Waals surface area contributed by atoms with Crippen molar-refractivity contribution in [1.82, 2.24) is 10.2 Å². The van der Waals surface area contributed by atoms with Crippen LogP contribution < -0.4 is 9.62 Å². The average molecular weight is 605 g/mol. The maximum atomic E-state index is 14.0. The lowest BCUT2D eigenvalue weighted by Crippen LogP contribution is -2.51. The molecule has 0 saturated carbocycles. The summed E-state index contributed by atoms with van der Waals surface area (Å²) >= 11 is 12.8. The Labute approximate surface area is 247 Å². The van der Waals surface area contributed by atoms with Crippen LogP contribution in [0.4, 0.5) is 5.69 Å². The van der Waals surface area contributed by atoms with E-state index in [-0.39, 0.29) is 17.3 Å². The van der Waals surface area contributed by atoms with Gasteiger partial charge in [0.25, 0.3) is 10.0 Å². The van der Waals surface area contributed by atoms with Crippen LogP contribution in [0.5, 0.6) is 0 Å². The number of nitrogens with one attached hydrogen (secondary N) is 1. The van der Waals surface area contributed by atoms with Crippen molar-refractivity contribution in [1.29, 1.82) is 0 Å². The van der Waals surface area contributed by atoms with Crippen LogP contribution in [-0.4, -0.2) is 44.3 Å². The zero-order valence-electron chi connectivity index (χ0n) is 23.4. The third-order valence-electron chi connectivity index (χ3n) is 6.77. The number of carbonyl (C=O) groups is 2. The van der Waals surface area contributed by atoms with Gasteiger partial charge in [0.1, 0.15) is 12.6 Å². The molecular weight excluding hydrogens is 569 g/mol. The molecular formula is C30H35Cl2N3O4S. The van der Waals surface area contributed by atoms with Crippen molar-refractivity contribution in [3.05, 3.63) is 93.0 Å². The molecule has 214 valence electrons. The van der Waals surface area contributed by atoms with Crippen molar-refractivity contribution in [3.8, 4) is 0 Å². The Morgan fingerprint density at radius 2 is 1.55 bits per heavy atom. The van der Waals surface area contributed by atoms with Crippen molar-refractivity contribution in [2.75, 3.05) is 17.4 Å². The fourth-order valence-electron chi connectivity index (χ4n) is 4.08. The number of carbonyl (C=O) groups excluding carboxylic acids is 2. The SMILES string of the molecule is CCCNC(=O)[C@@H](C)N(Cc1c(Cl)cccc1Cl)C(=O)CN(c1ccc(C)c(C)c1)S(=O)(=O)c1ccc(C)cc1. The first kappa shape index (κ1) is 31.5. The van der Waals surface area contributed by atoms with Crippen LogP contribution in [0.2, 0.25) is 10.0 Å². The normalized spacial score (nSPS) is 12.1. The van der Waals surface area contributed by atoms with Gasteiger partial charge < -0.3 is 10.2 Å². The second-order valence-electron chi connectivity index (χ2n) is 9.78. The van der Waals surface area contributed by atoms with Crippen molar-refractivity contribution in [3.63, 3.8) is 0 Å². The Morgan fingerprint density at radius 1 is 0.925 bits per heavy atom. The molecule has 3 aromatic rings. The van der Waals surface area contributed by atoms with Gasteiger partial charge in [-0.2, -0.15) is 0 Å². The van der Waals surface area contributed by atoms with Crippen LogP contribution in [0, 0.1) is 20.8 Å². The molecule has 1 N–H and O–H groups in total. The third-order valence-corrected chi connectivity index (χ3v) is 9.27. The molecule has 0 spiro atoms. The van der Waals surface area contributed by atoms with Gasteiger partial charge in [0.15, 0.2) is 0 Å². The molecule has 7 nitrogen and oxygen atoms in total. The number of rotatable bonds is 11. The zero-order valence-corrected chi connectivity index (χ0v) is 25.7. The summed E-state index contributed by atoms with van der Waals surface area (Å²) in [6, 6.07) is 15.7. The van der Waals surface area contributed by atoms with Gasteiger partial charge in [-0.3, -0.25) is 13.9 Å². The second kappa shape index (κ2) is 13.5. The lowest BCUT2D eigenvalue weighted by molar-refractivity contribution is -0.139. The second-order valence-corrected chi connectivity index (χ2v) is 12.5. The first-order chi connectivity index (χ1) is 18.9. The Balaban J connectivity index is 2.08. The quantitative estimate of drug-likeness (QED) is 0.289. The highest BCUT2D eigenvalue weighted by molar-refractivity contribution is 7.92. The maximum Gasteiger partial charge on any atom is 0.264 e. The first-order valence-electron chi connectivity index (χ1n) is 13.0. The highest BCUT2D eigenvalue weighted by Gasteiger charge is 2.33. The molecule has 10 heteroatoms. The molecule has 0 fully saturated rings. The Morgan fingerprint density at radius 3 is 2.12 bits per heavy atom. The fraction of sp³-hybridized carbons (Fsp3) is 0.333. The van der Waals surface area contributed by atoms with Crippen molar-refractivity contribution in [2.24, 2.45) is 0 Å². The first-order valence-corrected chi connectivity index (χ1v) is 15.2. The van der Waals surface area contributed by atoms with E-state index >= 15 is 0 Å². The molecule has 0 unspecified atom stereocenters. The van der Waals surface area contributed by atoms with E-state index in [9.17, 15) is 18.0 Å². The van der Waals surface area contributed by atoms with E-state index in [4.69, 9.17) is 23.2 Å². The van der Waals surface area contributed by atoms with Crippen LogP contribution in [0.3, 0.4) is 0 Å². The molecule has 3 aromatic carbocycles. The summed E-state index contributed by atoms with van der Waals surface area (Å²) in [5.41, 5.74) is 3.58. The van der Waals surface area contributed by atoms with Gasteiger partial charge in [-0.05, 0) is 81.6 Å². The van der Waals surface area contributed by atoms with E-state index in [1.165, 1.54) is 17.0 Å². The van der Waals surface area contributed by atoms with Gasteiger partial charge in [-0.25, -0.2) is 8.42 Å². The van der Waals surface area contributed by atoms with Gasteiger partial charge in [-0.1, -0.05) is 60.0 Å². The average Bonchev–Trinajstić information content (AvgIpc) is 2.91. The molecule has 0 aliphatic rings. The number of hydrogen-bond donors (Lipinski definition) is 1. The van der Waals surface area contributed by atoms with E-state index in [2.05, 4.69) is 5.32 Å². The van der Waals surface area contributed by atoms with Crippen LogP contribution in [0.15, 0.2) is 65.6 Å². The molecule has 0 aliphatic carbocycles. The number of halogens is 2. The summed E-state index contributed by atoms with van der Waals surface area (Å²) < 4.78 is 29.0. The van der Waals surface area contributed by atoms with Crippen LogP contribution in [0.25, 0.3) is 0 Å². The number of benzene rings is 3. The highest BCUT2D eigenvalue weighted by Crippen LogP contribution is 2.29. The Hall–Kier alpha value is -3.07. The van der Waals surface area contributed by atoms with Crippen molar-refractivity contribution < 1.29 is 18.0 Å². The van der Waals surface area contributed by atoms with Gasteiger partial charge >= 0.3 is 0 Å². The molecule has 40 heavy (non-hydrogen) atoms. The lowest BCUT2D eigenvalue weighted by Gasteiger charge is -2.32. The monoisotopic (exact) mass is 603 g/mol. The lowest BCUT2D eigenvalue weighted by atomic mass is 10.1. The highest BCUT2D eigenvalue weighted by atomic mass is 35.5. The molecule has 0 saturated heterocycles. The molecule has 3 rings (SSSR count). The summed E-state index contributed by atoms with van der Waals surface area (Å²) in [5, 5.41) is 3.49. The predicted octanol–water partition coefficient (Wildman–Crippen LogP) is 6.06. The Bertz CT molecular complexity index is 1460. The van der Waals surface area contributed by atoms with Gasteiger partial charge in [0.2, 0.25) is 11.8 Å². The number of nitrogens with zero attached hydrogens (tertiary/aromatic N) is 2. The topological polar surface area (TPSA) is 86.8 Å². The maximum absolute atomic E-state index is 14.0. The molecule has 1 atom stereocenters. The minimum atomic E-state index is -4.15. The number of amides is 2. The predicted molar refractivity (Wildman–Crippen MR) is 161 cm³/mol. The van der Waals surface area contributed by atoms with Gasteiger partial charge in [0.05, 0.1) is 10.6 Å². The fourth-order valence-corrected chi connectivity index (χ4v) is 6.00. The van der Waals surface area contributed by atoms with Crippen LogP contribution >= 0.6 is 23.2 Å². The third kappa shape index (κ3) is 7.36. The molecule has 0 bridgehead atoms. The smallest absolute Gasteiger partial charge is 0.264 e. The van der Waals surface area contributed by atoms with Crippen molar-refractivity contribution >= 4 is 50.7 Å². The zero-order chi connectivity index (χ0) is 29.6. The number of sulfonamides is 1. The van der Waals surface area contributed by atoms with E-state index in [1.807, 2.05) is 33.8 Å². The standard InChI is InChI=1S/C30H35Cl2N3O4S/c1-6-16-33-30(37)23(5)34(18-26-27(31)8-7-9-28(26)32)29(36)19-35(24-13-12-21(3)22(4)17-24)40(38,39)25-14-10-20(2)11-15-25/h7-15,17,23H,6,16,18-19H2,1-5H3,(H,33,37)/t23-/m1/s1. The summed E-state index contributed by atoms with van der Waals surface area (Å²) in [5.74, 6) is -0.943. The molecule has 0 aromatic heterocycles. The van der Waals surface area contributed by atoms with Gasteiger partial charge in [0, 0.05) is 28.7 Å². The van der Waals surface area contributed by atoms with E-state index < -0.39 is 28.5 Å². The van der Waals surface area contributed by atoms with Crippen LogP contribution in [-0.2, 0) is 26.2 Å². The molecule has 2 amide bonds. The molecule has 0 aliphatic heterocycles. The number of anilines is 1. The summed E-state index contributed by atoms with van der Waals surface area (Å²) in [6.07, 6.45) is 0.720. The minimum absolute atomic E-state index is 0.0542. The summed E-state index contributed by atoms with van der Waals surface area (Å²) in [7, 11) is -4.15. The van der Waals surface area contributed by atoms with Gasteiger partial charge in [-0.15, -0.1) is 0 Å². The largest absolute Gasteiger partial charge is 0.354 e. The van der Waals surface area contributed by atoms with Crippen molar-refractivity contribution in [2.45, 2.75) is 58.5 Å². The number of aryl methyl sites for hydroxylation is 3. The molecule has 0 radical (unpaired) electrons. The van der Waals surface area contributed by atoms with E-state index in [1.54, 1.807) is 49.4 Å². The minimum Gasteiger partial charge on any atom is -0.354 e. The number of hydrogen-bond acceptors (Lipinski definition) is 4. The Kier molecular flexibility index (Phi) is 10.6. The van der Waals surface area contributed by atoms with E-state index in [0.717, 1.165) is 27.4 Å². The van der Waals surface area contributed by atoms with E-state index in [0.29, 0.717) is 27.8 Å². The summed E-state index contributed by atoms with van der Waals surface area (Å²) in [6.45, 7) is 9.02.